The molecule has 0 N–H and O–H groups in total. The Balaban J connectivity index is 3.52. The van der Waals surface area contributed by atoms with Gasteiger partial charge in [-0.25, -0.2) is 13.4 Å². The highest BCUT2D eigenvalue weighted by Crippen LogP contribution is 2.36. The third kappa shape index (κ3) is 3.85. The summed E-state index contributed by atoms with van der Waals surface area (Å²) in [5.74, 6) is -0.855. The van der Waals surface area contributed by atoms with Crippen LogP contribution in [0.5, 0.6) is 5.75 Å². The molecule has 0 bridgehead atoms. The van der Waals surface area contributed by atoms with Gasteiger partial charge < -0.3 is 4.74 Å². The normalized spacial score (nSPS) is 12.6. The van der Waals surface area contributed by atoms with E-state index in [4.69, 9.17) is 10.7 Å². The number of hydrogen-bond acceptors (Lipinski definition) is 4. The van der Waals surface area contributed by atoms with E-state index in [1.165, 1.54) is 29.5 Å². The fourth-order valence-corrected chi connectivity index (χ4v) is 3.75. The van der Waals surface area contributed by atoms with E-state index in [0.717, 1.165) is 6.20 Å². The Morgan fingerprint density at radius 3 is 2.41 bits per heavy atom. The first-order valence-corrected chi connectivity index (χ1v) is 7.26. The number of alkyl halides is 3. The number of rotatable bonds is 2. The van der Waals surface area contributed by atoms with Crippen LogP contribution in [0.1, 0.15) is 5.56 Å². The lowest BCUT2D eigenvalue weighted by Gasteiger charge is -2.14. The predicted octanol–water partition coefficient (Wildman–Crippen LogP) is 2.82. The summed E-state index contributed by atoms with van der Waals surface area (Å²) in [6, 6.07) is 0. The van der Waals surface area contributed by atoms with Gasteiger partial charge in [-0.1, -0.05) is 0 Å². The van der Waals surface area contributed by atoms with Crippen molar-refractivity contribution in [2.75, 3.05) is 0 Å². The van der Waals surface area contributed by atoms with Crippen LogP contribution in [-0.2, 0) is 9.05 Å². The Hall–Kier alpha value is -0.290. The molecular formula is C7H4ClF3INO3S. The summed E-state index contributed by atoms with van der Waals surface area (Å²) in [6.45, 7) is 1.23. The van der Waals surface area contributed by atoms with Crippen LogP contribution in [0.3, 0.4) is 0 Å². The van der Waals surface area contributed by atoms with Crippen molar-refractivity contribution in [1.29, 1.82) is 0 Å². The van der Waals surface area contributed by atoms with Crippen molar-refractivity contribution in [3.05, 3.63) is 15.5 Å². The fourth-order valence-electron chi connectivity index (χ4n) is 0.997. The van der Waals surface area contributed by atoms with Crippen LogP contribution < -0.4 is 4.74 Å². The Morgan fingerprint density at radius 2 is 2.00 bits per heavy atom. The molecule has 0 unspecified atom stereocenters. The van der Waals surface area contributed by atoms with Crippen LogP contribution in [0.2, 0.25) is 0 Å². The summed E-state index contributed by atoms with van der Waals surface area (Å²) in [5, 5.41) is 0. The minimum Gasteiger partial charge on any atom is -0.404 e. The molecule has 0 aliphatic carbocycles. The quantitative estimate of drug-likeness (QED) is 0.434. The van der Waals surface area contributed by atoms with Crippen LogP contribution in [0.25, 0.3) is 0 Å². The second kappa shape index (κ2) is 4.76. The van der Waals surface area contributed by atoms with Gasteiger partial charge in [0.15, 0.2) is 10.6 Å². The van der Waals surface area contributed by atoms with E-state index in [-0.39, 0.29) is 9.26 Å². The summed E-state index contributed by atoms with van der Waals surface area (Å²) in [7, 11) is 0.668. The molecule has 0 aliphatic rings. The van der Waals surface area contributed by atoms with E-state index in [9.17, 15) is 21.6 Å². The smallest absolute Gasteiger partial charge is 0.404 e. The summed E-state index contributed by atoms with van der Waals surface area (Å²) in [6.07, 6.45) is -3.94. The molecule has 0 aromatic carbocycles. The first-order chi connectivity index (χ1) is 7.52. The molecule has 0 amide bonds. The minimum atomic E-state index is -5.01. The van der Waals surface area contributed by atoms with Gasteiger partial charge >= 0.3 is 6.36 Å². The number of hydrogen-bond donors (Lipinski definition) is 0. The SMILES string of the molecule is Cc1cnc(I)c(S(=O)(=O)Cl)c1OC(F)(F)F. The molecule has 1 rings (SSSR count). The second-order valence-corrected chi connectivity index (χ2v) is 6.40. The van der Waals surface area contributed by atoms with Crippen LogP contribution in [0, 0.1) is 10.6 Å². The molecule has 0 spiro atoms. The van der Waals surface area contributed by atoms with E-state index in [1.54, 1.807) is 0 Å². The fraction of sp³-hybridized carbons (Fsp3) is 0.286. The molecule has 0 saturated carbocycles. The molecule has 0 saturated heterocycles. The molecule has 1 aromatic rings. The van der Waals surface area contributed by atoms with Crippen molar-refractivity contribution < 1.29 is 26.3 Å². The minimum absolute atomic E-state index is 0.0815. The summed E-state index contributed by atoms with van der Waals surface area (Å²) < 4.78 is 62.3. The van der Waals surface area contributed by atoms with E-state index in [1.807, 2.05) is 0 Å². The Bertz CT molecular complexity index is 546. The van der Waals surface area contributed by atoms with Gasteiger partial charge in [0.1, 0.15) is 3.70 Å². The van der Waals surface area contributed by atoms with E-state index < -0.39 is 26.1 Å². The molecule has 0 fully saturated rings. The summed E-state index contributed by atoms with van der Waals surface area (Å²) in [5.41, 5.74) is -0.0815. The molecule has 10 heteroatoms. The number of aryl methyl sites for hydroxylation is 1. The summed E-state index contributed by atoms with van der Waals surface area (Å²) in [4.78, 5) is 2.83. The zero-order valence-electron chi connectivity index (χ0n) is 8.05. The highest BCUT2D eigenvalue weighted by molar-refractivity contribution is 14.1. The van der Waals surface area contributed by atoms with Crippen molar-refractivity contribution in [3.63, 3.8) is 0 Å². The van der Waals surface area contributed by atoms with Gasteiger partial charge in [-0.2, -0.15) is 0 Å². The lowest BCUT2D eigenvalue weighted by Crippen LogP contribution is -2.20. The molecule has 4 nitrogen and oxygen atoms in total. The molecule has 17 heavy (non-hydrogen) atoms. The van der Waals surface area contributed by atoms with Gasteiger partial charge in [0.25, 0.3) is 9.05 Å². The van der Waals surface area contributed by atoms with Gasteiger partial charge in [-0.3, -0.25) is 0 Å². The van der Waals surface area contributed by atoms with E-state index >= 15 is 0 Å². The summed E-state index contributed by atoms with van der Waals surface area (Å²) >= 11 is 1.46. The standard InChI is InChI=1S/C7H4ClF3INO3S/c1-3-2-13-6(12)5(17(8,14)15)4(3)16-7(9,10)11/h2H,1H3. The monoisotopic (exact) mass is 401 g/mol. The van der Waals surface area contributed by atoms with Crippen LogP contribution in [0.15, 0.2) is 11.1 Å². The van der Waals surface area contributed by atoms with E-state index in [2.05, 4.69) is 9.72 Å². The number of ether oxygens (including phenoxy) is 1. The first kappa shape index (κ1) is 14.8. The molecule has 0 aliphatic heterocycles. The molecule has 1 heterocycles. The molecular weight excluding hydrogens is 397 g/mol. The average Bonchev–Trinajstić information content (AvgIpc) is 2.06. The topological polar surface area (TPSA) is 56.3 Å². The predicted molar refractivity (Wildman–Crippen MR) is 61.4 cm³/mol. The zero-order chi connectivity index (χ0) is 13.4. The van der Waals surface area contributed by atoms with Crippen LogP contribution in [-0.4, -0.2) is 19.8 Å². The maximum absolute atomic E-state index is 12.1. The number of aromatic nitrogens is 1. The number of nitrogens with zero attached hydrogens (tertiary/aromatic N) is 1. The maximum atomic E-state index is 12.1. The molecule has 0 radical (unpaired) electrons. The van der Waals surface area contributed by atoms with Gasteiger partial charge in [0.2, 0.25) is 0 Å². The lowest BCUT2D eigenvalue weighted by atomic mass is 10.3. The van der Waals surface area contributed by atoms with E-state index in [0.29, 0.717) is 0 Å². The number of pyridine rings is 1. The first-order valence-electron chi connectivity index (χ1n) is 3.88. The van der Waals surface area contributed by atoms with Crippen molar-refractivity contribution in [2.45, 2.75) is 18.2 Å². The van der Waals surface area contributed by atoms with Crippen molar-refractivity contribution in [2.24, 2.45) is 0 Å². The van der Waals surface area contributed by atoms with Crippen molar-refractivity contribution in [1.82, 2.24) is 4.98 Å². The van der Waals surface area contributed by atoms with Gasteiger partial charge in [-0.15, -0.1) is 13.2 Å². The van der Waals surface area contributed by atoms with Gasteiger partial charge in [0, 0.05) is 22.4 Å². The van der Waals surface area contributed by atoms with Crippen molar-refractivity contribution in [3.8, 4) is 5.75 Å². The molecule has 0 atom stereocenters. The average molecular weight is 402 g/mol. The third-order valence-corrected chi connectivity index (χ3v) is 4.10. The zero-order valence-corrected chi connectivity index (χ0v) is 11.8. The van der Waals surface area contributed by atoms with Crippen molar-refractivity contribution >= 4 is 42.3 Å². The maximum Gasteiger partial charge on any atom is 0.573 e. The lowest BCUT2D eigenvalue weighted by molar-refractivity contribution is -0.275. The largest absolute Gasteiger partial charge is 0.573 e. The Kier molecular flexibility index (Phi) is 4.14. The molecule has 1 aromatic heterocycles. The van der Waals surface area contributed by atoms with Crippen LogP contribution >= 0.6 is 33.3 Å². The van der Waals surface area contributed by atoms with Gasteiger partial charge in [-0.05, 0) is 29.5 Å². The highest BCUT2D eigenvalue weighted by Gasteiger charge is 2.36. The Labute approximate surface area is 113 Å². The van der Waals surface area contributed by atoms with Gasteiger partial charge in [0.05, 0.1) is 0 Å². The van der Waals surface area contributed by atoms with Crippen LogP contribution in [0.4, 0.5) is 13.2 Å². The molecule has 96 valence electrons. The number of halogens is 5. The second-order valence-electron chi connectivity index (χ2n) is 2.88. The Morgan fingerprint density at radius 1 is 1.47 bits per heavy atom. The highest BCUT2D eigenvalue weighted by atomic mass is 127. The third-order valence-electron chi connectivity index (χ3n) is 1.58.